The molecule has 0 unspecified atom stereocenters. The smallest absolute Gasteiger partial charge is 0.251 e. The Balaban J connectivity index is 2.15. The van der Waals surface area contributed by atoms with Crippen LogP contribution in [-0.4, -0.2) is 5.91 Å². The lowest BCUT2D eigenvalue weighted by Crippen LogP contribution is -2.29. The Hall–Kier alpha value is -2.09. The summed E-state index contributed by atoms with van der Waals surface area (Å²) in [6, 6.07) is 17.9. The summed E-state index contributed by atoms with van der Waals surface area (Å²) < 4.78 is 0. The predicted molar refractivity (Wildman–Crippen MR) is 87.3 cm³/mol. The van der Waals surface area contributed by atoms with Crippen molar-refractivity contribution < 1.29 is 4.79 Å². The molecule has 21 heavy (non-hydrogen) atoms. The van der Waals surface area contributed by atoms with Gasteiger partial charge in [0, 0.05) is 5.56 Å². The number of carbonyl (C=O) groups excluding carboxylic acids is 1. The summed E-state index contributed by atoms with van der Waals surface area (Å²) in [5.74, 6) is 0.512. The SMILES string of the molecule is Cc1ccc(C(=O)N[C@H](CC(C)C)c2ccccc2)cc1. The molecule has 0 heterocycles. The second-order valence-corrected chi connectivity index (χ2v) is 5.93. The van der Waals surface area contributed by atoms with E-state index >= 15 is 0 Å². The average molecular weight is 281 g/mol. The second kappa shape index (κ2) is 7.07. The van der Waals surface area contributed by atoms with Crippen LogP contribution in [0.1, 0.15) is 47.8 Å². The molecule has 0 saturated carbocycles. The molecule has 2 aromatic rings. The maximum absolute atomic E-state index is 12.4. The van der Waals surface area contributed by atoms with Crippen molar-refractivity contribution in [1.82, 2.24) is 5.32 Å². The normalized spacial score (nSPS) is 12.2. The van der Waals surface area contributed by atoms with Crippen molar-refractivity contribution in [2.45, 2.75) is 33.2 Å². The Kier molecular flexibility index (Phi) is 5.15. The van der Waals surface area contributed by atoms with E-state index in [1.54, 1.807) is 0 Å². The molecule has 0 aliphatic carbocycles. The highest BCUT2D eigenvalue weighted by Crippen LogP contribution is 2.21. The first-order valence-corrected chi connectivity index (χ1v) is 7.48. The third-order valence-corrected chi connectivity index (χ3v) is 3.53. The lowest BCUT2D eigenvalue weighted by Gasteiger charge is -2.21. The van der Waals surface area contributed by atoms with E-state index in [0.29, 0.717) is 11.5 Å². The summed E-state index contributed by atoms with van der Waals surface area (Å²) in [7, 11) is 0. The number of amides is 1. The first-order chi connectivity index (χ1) is 10.1. The van der Waals surface area contributed by atoms with E-state index < -0.39 is 0 Å². The van der Waals surface area contributed by atoms with Crippen molar-refractivity contribution in [1.29, 1.82) is 0 Å². The number of nitrogens with one attached hydrogen (secondary N) is 1. The fourth-order valence-corrected chi connectivity index (χ4v) is 2.38. The van der Waals surface area contributed by atoms with Crippen LogP contribution in [-0.2, 0) is 0 Å². The molecule has 0 fully saturated rings. The Bertz CT molecular complexity index is 572. The molecule has 0 spiro atoms. The van der Waals surface area contributed by atoms with Crippen molar-refractivity contribution in [2.75, 3.05) is 0 Å². The van der Waals surface area contributed by atoms with Gasteiger partial charge in [-0.15, -0.1) is 0 Å². The highest BCUT2D eigenvalue weighted by Gasteiger charge is 2.16. The third-order valence-electron chi connectivity index (χ3n) is 3.53. The monoisotopic (exact) mass is 281 g/mol. The molecule has 0 bridgehead atoms. The first-order valence-electron chi connectivity index (χ1n) is 7.48. The second-order valence-electron chi connectivity index (χ2n) is 5.93. The van der Waals surface area contributed by atoms with Gasteiger partial charge in [-0.2, -0.15) is 0 Å². The number of benzene rings is 2. The summed E-state index contributed by atoms with van der Waals surface area (Å²) in [5, 5.41) is 3.16. The van der Waals surface area contributed by atoms with Gasteiger partial charge in [0.2, 0.25) is 0 Å². The van der Waals surface area contributed by atoms with Crippen LogP contribution in [0, 0.1) is 12.8 Å². The van der Waals surface area contributed by atoms with Gasteiger partial charge in [-0.25, -0.2) is 0 Å². The van der Waals surface area contributed by atoms with Crippen LogP contribution in [0.4, 0.5) is 0 Å². The molecule has 1 N–H and O–H groups in total. The minimum Gasteiger partial charge on any atom is -0.345 e. The standard InChI is InChI=1S/C19H23NO/c1-14(2)13-18(16-7-5-4-6-8-16)20-19(21)17-11-9-15(3)10-12-17/h4-12,14,18H,13H2,1-3H3,(H,20,21)/t18-/m1/s1. The van der Waals surface area contributed by atoms with Gasteiger partial charge in [-0.1, -0.05) is 61.9 Å². The van der Waals surface area contributed by atoms with Crippen LogP contribution in [0.3, 0.4) is 0 Å². The lowest BCUT2D eigenvalue weighted by atomic mass is 9.96. The Morgan fingerprint density at radius 1 is 1.00 bits per heavy atom. The Morgan fingerprint density at radius 2 is 1.62 bits per heavy atom. The summed E-state index contributed by atoms with van der Waals surface area (Å²) in [5.41, 5.74) is 3.03. The zero-order chi connectivity index (χ0) is 15.2. The molecule has 1 amide bonds. The van der Waals surface area contributed by atoms with E-state index in [4.69, 9.17) is 0 Å². The molecule has 0 aliphatic rings. The van der Waals surface area contributed by atoms with Crippen molar-refractivity contribution in [3.63, 3.8) is 0 Å². The number of hydrogen-bond donors (Lipinski definition) is 1. The summed E-state index contributed by atoms with van der Waals surface area (Å²) in [6.45, 7) is 6.37. The lowest BCUT2D eigenvalue weighted by molar-refractivity contribution is 0.0932. The van der Waals surface area contributed by atoms with Crippen LogP contribution in [0.15, 0.2) is 54.6 Å². The Morgan fingerprint density at radius 3 is 2.19 bits per heavy atom. The van der Waals surface area contributed by atoms with Gasteiger partial charge in [0.05, 0.1) is 6.04 Å². The molecule has 0 aliphatic heterocycles. The minimum absolute atomic E-state index is 0.00972. The van der Waals surface area contributed by atoms with Crippen LogP contribution < -0.4 is 5.32 Å². The van der Waals surface area contributed by atoms with Crippen LogP contribution in [0.25, 0.3) is 0 Å². The van der Waals surface area contributed by atoms with Crippen molar-refractivity contribution >= 4 is 5.91 Å². The largest absolute Gasteiger partial charge is 0.345 e. The quantitative estimate of drug-likeness (QED) is 0.858. The maximum Gasteiger partial charge on any atom is 0.251 e. The molecule has 2 rings (SSSR count). The molecule has 110 valence electrons. The van der Waals surface area contributed by atoms with Crippen molar-refractivity contribution in [3.8, 4) is 0 Å². The van der Waals surface area contributed by atoms with Gasteiger partial charge in [-0.05, 0) is 37.0 Å². The number of rotatable bonds is 5. The zero-order valence-electron chi connectivity index (χ0n) is 13.0. The van der Waals surface area contributed by atoms with Crippen molar-refractivity contribution in [2.24, 2.45) is 5.92 Å². The van der Waals surface area contributed by atoms with E-state index in [1.165, 1.54) is 0 Å². The maximum atomic E-state index is 12.4. The highest BCUT2D eigenvalue weighted by atomic mass is 16.1. The molecule has 1 atom stereocenters. The van der Waals surface area contributed by atoms with Gasteiger partial charge in [0.25, 0.3) is 5.91 Å². The van der Waals surface area contributed by atoms with Gasteiger partial charge < -0.3 is 5.32 Å². The average Bonchev–Trinajstić information content (AvgIpc) is 2.47. The van der Waals surface area contributed by atoms with E-state index in [2.05, 4.69) is 31.3 Å². The van der Waals surface area contributed by atoms with Crippen LogP contribution in [0.5, 0.6) is 0 Å². The Labute approximate surface area is 127 Å². The number of carbonyl (C=O) groups is 1. The number of hydrogen-bond acceptors (Lipinski definition) is 1. The van der Waals surface area contributed by atoms with Gasteiger partial charge in [0.15, 0.2) is 0 Å². The summed E-state index contributed by atoms with van der Waals surface area (Å²) >= 11 is 0. The minimum atomic E-state index is -0.00972. The molecule has 0 radical (unpaired) electrons. The van der Waals surface area contributed by atoms with E-state index in [1.807, 2.05) is 49.4 Å². The topological polar surface area (TPSA) is 29.1 Å². The third kappa shape index (κ3) is 4.45. The van der Waals surface area contributed by atoms with Gasteiger partial charge in [-0.3, -0.25) is 4.79 Å². The predicted octanol–water partition coefficient (Wildman–Crippen LogP) is 4.51. The number of aryl methyl sites for hydroxylation is 1. The molecule has 2 heteroatoms. The van der Waals surface area contributed by atoms with E-state index in [9.17, 15) is 4.79 Å². The fourth-order valence-electron chi connectivity index (χ4n) is 2.38. The molecule has 2 nitrogen and oxygen atoms in total. The summed E-state index contributed by atoms with van der Waals surface area (Å²) in [4.78, 5) is 12.4. The summed E-state index contributed by atoms with van der Waals surface area (Å²) in [6.07, 6.45) is 0.932. The van der Waals surface area contributed by atoms with Crippen LogP contribution >= 0.6 is 0 Å². The van der Waals surface area contributed by atoms with Gasteiger partial charge in [0.1, 0.15) is 0 Å². The van der Waals surface area contributed by atoms with Crippen LogP contribution in [0.2, 0.25) is 0 Å². The first kappa shape index (κ1) is 15.3. The molecular formula is C19H23NO. The van der Waals surface area contributed by atoms with E-state index in [0.717, 1.165) is 17.5 Å². The highest BCUT2D eigenvalue weighted by molar-refractivity contribution is 5.94. The zero-order valence-corrected chi connectivity index (χ0v) is 13.0. The van der Waals surface area contributed by atoms with Crippen molar-refractivity contribution in [3.05, 3.63) is 71.3 Å². The van der Waals surface area contributed by atoms with Gasteiger partial charge >= 0.3 is 0 Å². The van der Waals surface area contributed by atoms with E-state index in [-0.39, 0.29) is 11.9 Å². The molecule has 0 aromatic heterocycles. The molecule has 0 saturated heterocycles. The fraction of sp³-hybridized carbons (Fsp3) is 0.316. The molecular weight excluding hydrogens is 258 g/mol. The molecule has 2 aromatic carbocycles.